The van der Waals surface area contributed by atoms with Crippen LogP contribution in [0.5, 0.6) is 0 Å². The van der Waals surface area contributed by atoms with Crippen molar-refractivity contribution in [1.29, 1.82) is 0 Å². The Bertz CT molecular complexity index is 326. The summed E-state index contributed by atoms with van der Waals surface area (Å²) in [5, 5.41) is 4.34. The second-order valence-electron chi connectivity index (χ2n) is 4.59. The maximum atomic E-state index is 5.88. The molecule has 1 aliphatic carbocycles. The van der Waals surface area contributed by atoms with E-state index < -0.39 is 0 Å². The summed E-state index contributed by atoms with van der Waals surface area (Å²) in [6.45, 7) is 3.14. The van der Waals surface area contributed by atoms with E-state index in [-0.39, 0.29) is 0 Å². The number of nitrogens with zero attached hydrogens (tertiary/aromatic N) is 2. The van der Waals surface area contributed by atoms with Gasteiger partial charge in [-0.1, -0.05) is 6.92 Å². The number of aryl methyl sites for hydroxylation is 1. The molecule has 0 bridgehead atoms. The van der Waals surface area contributed by atoms with Gasteiger partial charge in [0, 0.05) is 30.5 Å². The molecular formula is C11H20N4S. The predicted octanol–water partition coefficient (Wildman–Crippen LogP) is 2.03. The van der Waals surface area contributed by atoms with Gasteiger partial charge < -0.3 is 11.1 Å². The number of aromatic nitrogens is 2. The second-order valence-corrected chi connectivity index (χ2v) is 5.34. The van der Waals surface area contributed by atoms with Gasteiger partial charge in [-0.15, -0.1) is 0 Å². The molecule has 2 rings (SSSR count). The highest BCUT2D eigenvalue weighted by atomic mass is 32.1. The lowest BCUT2D eigenvalue weighted by Crippen LogP contribution is -2.17. The third-order valence-electron chi connectivity index (χ3n) is 3.07. The Balaban J connectivity index is 1.76. The lowest BCUT2D eigenvalue weighted by Gasteiger charge is -2.09. The number of anilines is 1. The van der Waals surface area contributed by atoms with Crippen LogP contribution in [0.25, 0.3) is 0 Å². The van der Waals surface area contributed by atoms with Crippen LogP contribution in [0.3, 0.4) is 0 Å². The van der Waals surface area contributed by atoms with Gasteiger partial charge in [0.1, 0.15) is 5.82 Å². The van der Waals surface area contributed by atoms with Gasteiger partial charge in [0.2, 0.25) is 5.13 Å². The molecule has 1 heterocycles. The molecule has 4 nitrogen and oxygen atoms in total. The molecule has 16 heavy (non-hydrogen) atoms. The maximum Gasteiger partial charge on any atom is 0.202 e. The zero-order valence-corrected chi connectivity index (χ0v) is 10.6. The van der Waals surface area contributed by atoms with Crippen molar-refractivity contribution in [3.63, 3.8) is 0 Å². The normalized spacial score (nSPS) is 24.9. The number of hydrogen-bond acceptors (Lipinski definition) is 5. The Kier molecular flexibility index (Phi) is 4.12. The van der Waals surface area contributed by atoms with E-state index in [2.05, 4.69) is 21.6 Å². The van der Waals surface area contributed by atoms with E-state index in [0.29, 0.717) is 12.0 Å². The van der Waals surface area contributed by atoms with E-state index in [1.807, 2.05) is 0 Å². The summed E-state index contributed by atoms with van der Waals surface area (Å²) in [4.78, 5) is 4.45. The topological polar surface area (TPSA) is 63.8 Å². The van der Waals surface area contributed by atoms with Crippen molar-refractivity contribution in [3.05, 3.63) is 5.82 Å². The molecule has 0 radical (unpaired) electrons. The number of nitrogens with two attached hydrogens (primary N) is 1. The molecule has 1 fully saturated rings. The van der Waals surface area contributed by atoms with E-state index in [1.54, 1.807) is 0 Å². The Morgan fingerprint density at radius 3 is 3.06 bits per heavy atom. The van der Waals surface area contributed by atoms with Crippen molar-refractivity contribution >= 4 is 16.7 Å². The van der Waals surface area contributed by atoms with Gasteiger partial charge in [0.25, 0.3) is 0 Å². The highest BCUT2D eigenvalue weighted by molar-refractivity contribution is 7.09. The second kappa shape index (κ2) is 5.59. The van der Waals surface area contributed by atoms with Crippen LogP contribution in [0.1, 0.15) is 38.4 Å². The SMILES string of the molecule is CCCc1nsc(NCC2CCC(N)C2)n1. The first-order valence-corrected chi connectivity index (χ1v) is 6.87. The summed E-state index contributed by atoms with van der Waals surface area (Å²) in [5.41, 5.74) is 5.88. The fourth-order valence-corrected chi connectivity index (χ4v) is 2.80. The first-order chi connectivity index (χ1) is 7.78. The fraction of sp³-hybridized carbons (Fsp3) is 0.818. The first kappa shape index (κ1) is 11.8. The average molecular weight is 240 g/mol. The van der Waals surface area contributed by atoms with Gasteiger partial charge in [-0.25, -0.2) is 4.98 Å². The Morgan fingerprint density at radius 2 is 2.38 bits per heavy atom. The monoisotopic (exact) mass is 240 g/mol. The highest BCUT2D eigenvalue weighted by Crippen LogP contribution is 2.24. The molecule has 0 spiro atoms. The van der Waals surface area contributed by atoms with Crippen molar-refractivity contribution in [2.75, 3.05) is 11.9 Å². The van der Waals surface area contributed by atoms with Crippen molar-refractivity contribution in [3.8, 4) is 0 Å². The lowest BCUT2D eigenvalue weighted by atomic mass is 10.1. The molecule has 0 amide bonds. The molecule has 90 valence electrons. The fourth-order valence-electron chi connectivity index (χ4n) is 2.18. The van der Waals surface area contributed by atoms with Gasteiger partial charge in [-0.2, -0.15) is 4.37 Å². The zero-order chi connectivity index (χ0) is 11.4. The molecule has 2 atom stereocenters. The van der Waals surface area contributed by atoms with Crippen molar-refractivity contribution in [1.82, 2.24) is 9.36 Å². The van der Waals surface area contributed by atoms with E-state index in [4.69, 9.17) is 5.73 Å². The molecule has 1 saturated carbocycles. The third-order valence-corrected chi connectivity index (χ3v) is 3.78. The Hall–Kier alpha value is -0.680. The molecule has 0 aromatic carbocycles. The molecule has 0 saturated heterocycles. The van der Waals surface area contributed by atoms with E-state index in [9.17, 15) is 0 Å². The first-order valence-electron chi connectivity index (χ1n) is 6.10. The molecule has 3 N–H and O–H groups in total. The van der Waals surface area contributed by atoms with E-state index in [1.165, 1.54) is 24.4 Å². The van der Waals surface area contributed by atoms with Gasteiger partial charge in [0.05, 0.1) is 0 Å². The molecule has 0 aliphatic heterocycles. The Labute approximate surface area is 101 Å². The minimum atomic E-state index is 0.414. The number of rotatable bonds is 5. The number of hydrogen-bond donors (Lipinski definition) is 2. The van der Waals surface area contributed by atoms with Crippen molar-refractivity contribution < 1.29 is 0 Å². The minimum absolute atomic E-state index is 0.414. The van der Waals surface area contributed by atoms with Crippen molar-refractivity contribution in [2.24, 2.45) is 11.7 Å². The van der Waals surface area contributed by atoms with Crippen LogP contribution in [-0.2, 0) is 6.42 Å². The summed E-state index contributed by atoms with van der Waals surface area (Å²) in [5.74, 6) is 1.69. The average Bonchev–Trinajstić information content (AvgIpc) is 2.85. The van der Waals surface area contributed by atoms with Gasteiger partial charge in [-0.05, 0) is 31.6 Å². The summed E-state index contributed by atoms with van der Waals surface area (Å²) < 4.78 is 4.31. The Morgan fingerprint density at radius 1 is 1.50 bits per heavy atom. The molecule has 5 heteroatoms. The highest BCUT2D eigenvalue weighted by Gasteiger charge is 2.21. The van der Waals surface area contributed by atoms with Crippen molar-refractivity contribution in [2.45, 2.75) is 45.1 Å². The van der Waals surface area contributed by atoms with E-state index in [0.717, 1.165) is 36.8 Å². The van der Waals surface area contributed by atoms with Crippen LogP contribution in [0.4, 0.5) is 5.13 Å². The van der Waals surface area contributed by atoms with Crippen LogP contribution in [0, 0.1) is 5.92 Å². The van der Waals surface area contributed by atoms with Crippen LogP contribution < -0.4 is 11.1 Å². The largest absolute Gasteiger partial charge is 0.360 e. The smallest absolute Gasteiger partial charge is 0.202 e. The van der Waals surface area contributed by atoms with Crippen LogP contribution >= 0.6 is 11.5 Å². The quantitative estimate of drug-likeness (QED) is 0.826. The third kappa shape index (κ3) is 3.15. The molecule has 1 aliphatic rings. The van der Waals surface area contributed by atoms with Crippen LogP contribution in [0.2, 0.25) is 0 Å². The minimum Gasteiger partial charge on any atom is -0.360 e. The van der Waals surface area contributed by atoms with Gasteiger partial charge >= 0.3 is 0 Å². The summed E-state index contributed by atoms with van der Waals surface area (Å²) >= 11 is 1.47. The van der Waals surface area contributed by atoms with E-state index >= 15 is 0 Å². The van der Waals surface area contributed by atoms with Crippen LogP contribution in [-0.4, -0.2) is 21.9 Å². The van der Waals surface area contributed by atoms with Gasteiger partial charge in [0.15, 0.2) is 0 Å². The molecular weight excluding hydrogens is 220 g/mol. The molecule has 1 aromatic heterocycles. The molecule has 2 unspecified atom stereocenters. The summed E-state index contributed by atoms with van der Waals surface area (Å²) in [7, 11) is 0. The standard InChI is InChI=1S/C11H20N4S/c1-2-3-10-14-11(16-15-10)13-7-8-4-5-9(12)6-8/h8-9H,2-7,12H2,1H3,(H,13,14,15). The number of nitrogens with one attached hydrogen (secondary N) is 1. The summed E-state index contributed by atoms with van der Waals surface area (Å²) in [6, 6.07) is 0.414. The predicted molar refractivity (Wildman–Crippen MR) is 67.7 cm³/mol. The maximum absolute atomic E-state index is 5.88. The summed E-state index contributed by atoms with van der Waals surface area (Å²) in [6.07, 6.45) is 5.64. The van der Waals surface area contributed by atoms with Crippen LogP contribution in [0.15, 0.2) is 0 Å². The van der Waals surface area contributed by atoms with Gasteiger partial charge in [-0.3, -0.25) is 0 Å². The lowest BCUT2D eigenvalue weighted by molar-refractivity contribution is 0.565. The zero-order valence-electron chi connectivity index (χ0n) is 9.78. The molecule has 1 aromatic rings.